The van der Waals surface area contributed by atoms with Crippen LogP contribution in [0.15, 0.2) is 0 Å². The summed E-state index contributed by atoms with van der Waals surface area (Å²) in [5.74, 6) is 0. The van der Waals surface area contributed by atoms with Crippen LogP contribution >= 0.6 is 0 Å². The Balaban J connectivity index is 4.62. The normalized spacial score (nSPS) is 13.4. The van der Waals surface area contributed by atoms with Crippen LogP contribution in [0.4, 0.5) is 0 Å². The van der Waals surface area contributed by atoms with Gasteiger partial charge in [-0.2, -0.15) is 17.4 Å². The first-order chi connectivity index (χ1) is 7.23. The highest BCUT2D eigenvalue weighted by Crippen LogP contribution is 2.07. The minimum Gasteiger partial charge on any atom is -0.330 e. The third-order valence-electron chi connectivity index (χ3n) is 1.86. The van der Waals surface area contributed by atoms with Crippen molar-refractivity contribution < 1.29 is 8.42 Å². The highest BCUT2D eigenvalue weighted by atomic mass is 32.2. The van der Waals surface area contributed by atoms with Gasteiger partial charge in [0.05, 0.1) is 0 Å². The van der Waals surface area contributed by atoms with Gasteiger partial charge < -0.3 is 5.73 Å². The smallest absolute Gasteiger partial charge is 0.279 e. The minimum absolute atomic E-state index is 0.451. The Morgan fingerprint density at radius 1 is 1.25 bits per heavy atom. The van der Waals surface area contributed by atoms with Crippen molar-refractivity contribution in [1.29, 1.82) is 0 Å². The fraction of sp³-hybridized carbons (Fsp3) is 1.00. The summed E-state index contributed by atoms with van der Waals surface area (Å²) in [6.45, 7) is 8.97. The lowest BCUT2D eigenvalue weighted by atomic mass is 10.1. The van der Waals surface area contributed by atoms with Gasteiger partial charge in [-0.15, -0.1) is 0 Å². The van der Waals surface area contributed by atoms with Crippen molar-refractivity contribution in [2.75, 3.05) is 19.6 Å². The molecule has 0 aromatic heterocycles. The summed E-state index contributed by atoms with van der Waals surface area (Å²) in [4.78, 5) is 0. The van der Waals surface area contributed by atoms with E-state index in [0.29, 0.717) is 26.1 Å². The van der Waals surface area contributed by atoms with E-state index in [9.17, 15) is 8.42 Å². The quantitative estimate of drug-likeness (QED) is 0.698. The number of nitrogens with zero attached hydrogens (tertiary/aromatic N) is 1. The van der Waals surface area contributed by atoms with E-state index in [0.717, 1.165) is 6.42 Å². The van der Waals surface area contributed by atoms with Crippen molar-refractivity contribution in [1.82, 2.24) is 9.03 Å². The molecule has 0 spiro atoms. The highest BCUT2D eigenvalue weighted by Gasteiger charge is 2.25. The summed E-state index contributed by atoms with van der Waals surface area (Å²) >= 11 is 0. The predicted molar refractivity (Wildman–Crippen MR) is 67.3 cm³/mol. The zero-order valence-corrected chi connectivity index (χ0v) is 11.6. The average molecular weight is 251 g/mol. The largest absolute Gasteiger partial charge is 0.330 e. The van der Waals surface area contributed by atoms with Gasteiger partial charge in [0.15, 0.2) is 0 Å². The van der Waals surface area contributed by atoms with Crippen molar-refractivity contribution in [3.8, 4) is 0 Å². The van der Waals surface area contributed by atoms with E-state index in [1.807, 2.05) is 27.7 Å². The van der Waals surface area contributed by atoms with Gasteiger partial charge >= 0.3 is 0 Å². The van der Waals surface area contributed by atoms with Crippen molar-refractivity contribution in [2.24, 2.45) is 5.73 Å². The molecule has 0 saturated heterocycles. The van der Waals surface area contributed by atoms with Gasteiger partial charge in [0.25, 0.3) is 10.2 Å². The third kappa shape index (κ3) is 6.42. The maximum atomic E-state index is 12.0. The van der Waals surface area contributed by atoms with Gasteiger partial charge in [0, 0.05) is 18.6 Å². The number of hydrogen-bond acceptors (Lipinski definition) is 3. The van der Waals surface area contributed by atoms with Crippen LogP contribution in [0.25, 0.3) is 0 Å². The Labute approximate surface area is 99.6 Å². The molecule has 0 bridgehead atoms. The van der Waals surface area contributed by atoms with Gasteiger partial charge in [-0.3, -0.25) is 0 Å². The molecule has 16 heavy (non-hydrogen) atoms. The van der Waals surface area contributed by atoms with Crippen LogP contribution in [0.5, 0.6) is 0 Å². The third-order valence-corrected chi connectivity index (χ3v) is 3.78. The molecule has 0 unspecified atom stereocenters. The molecule has 5 nitrogen and oxygen atoms in total. The van der Waals surface area contributed by atoms with E-state index in [4.69, 9.17) is 5.73 Å². The van der Waals surface area contributed by atoms with E-state index in [1.165, 1.54) is 4.31 Å². The molecule has 0 aliphatic rings. The molecule has 3 N–H and O–H groups in total. The van der Waals surface area contributed by atoms with Crippen LogP contribution in [0.2, 0.25) is 0 Å². The molecule has 0 saturated carbocycles. The topological polar surface area (TPSA) is 75.4 Å². The fourth-order valence-electron chi connectivity index (χ4n) is 1.32. The second-order valence-electron chi connectivity index (χ2n) is 4.90. The molecule has 0 aromatic carbocycles. The molecule has 0 radical (unpaired) electrons. The molecule has 0 amide bonds. The lowest BCUT2D eigenvalue weighted by molar-refractivity contribution is 0.380. The highest BCUT2D eigenvalue weighted by molar-refractivity contribution is 7.87. The molecular formula is C10H25N3O2S. The first-order valence-electron chi connectivity index (χ1n) is 5.72. The summed E-state index contributed by atoms with van der Waals surface area (Å²) in [5, 5.41) is 0. The molecule has 0 fully saturated rings. The summed E-state index contributed by atoms with van der Waals surface area (Å²) in [6.07, 6.45) is 1.49. The molecule has 0 atom stereocenters. The molecule has 0 aliphatic carbocycles. The van der Waals surface area contributed by atoms with Crippen LogP contribution in [0.1, 0.15) is 40.5 Å². The van der Waals surface area contributed by atoms with E-state index < -0.39 is 15.7 Å². The molecule has 0 rings (SSSR count). The van der Waals surface area contributed by atoms with E-state index >= 15 is 0 Å². The Morgan fingerprint density at radius 3 is 2.19 bits per heavy atom. The van der Waals surface area contributed by atoms with Gasteiger partial charge in [-0.25, -0.2) is 0 Å². The second-order valence-corrected chi connectivity index (χ2v) is 6.57. The standard InChI is InChI=1S/C10H25N3O2S/c1-5-8-13(9-6-7-11)16(14,15)12-10(2,3)4/h12H,5-9,11H2,1-4H3. The summed E-state index contributed by atoms with van der Waals surface area (Å²) in [6, 6.07) is 0. The predicted octanol–water partition coefficient (Wildman–Crippen LogP) is 0.680. The van der Waals surface area contributed by atoms with Gasteiger partial charge in [-0.1, -0.05) is 6.92 Å². The zero-order chi connectivity index (χ0) is 12.8. The number of rotatable bonds is 7. The first kappa shape index (κ1) is 15.8. The molecule has 0 heterocycles. The van der Waals surface area contributed by atoms with Crippen LogP contribution in [0.3, 0.4) is 0 Å². The van der Waals surface area contributed by atoms with E-state index in [-0.39, 0.29) is 0 Å². The van der Waals surface area contributed by atoms with Crippen molar-refractivity contribution in [2.45, 2.75) is 46.1 Å². The monoisotopic (exact) mass is 251 g/mol. The minimum atomic E-state index is -3.39. The molecule has 0 aliphatic heterocycles. The zero-order valence-electron chi connectivity index (χ0n) is 10.8. The van der Waals surface area contributed by atoms with Gasteiger partial charge in [-0.05, 0) is 40.2 Å². The maximum absolute atomic E-state index is 12.0. The summed E-state index contributed by atoms with van der Waals surface area (Å²) in [5.41, 5.74) is 4.95. The maximum Gasteiger partial charge on any atom is 0.279 e. The van der Waals surface area contributed by atoms with Crippen LogP contribution in [0, 0.1) is 0 Å². The lowest BCUT2D eigenvalue weighted by Crippen LogP contribution is -2.49. The van der Waals surface area contributed by atoms with Gasteiger partial charge in [0.2, 0.25) is 0 Å². The Kier molecular flexibility index (Phi) is 6.47. The Hall–Kier alpha value is -0.170. The van der Waals surface area contributed by atoms with Crippen LogP contribution in [-0.2, 0) is 10.2 Å². The number of hydrogen-bond donors (Lipinski definition) is 2. The Bertz CT molecular complexity index is 283. The summed E-state index contributed by atoms with van der Waals surface area (Å²) < 4.78 is 28.1. The van der Waals surface area contributed by atoms with Crippen molar-refractivity contribution >= 4 is 10.2 Å². The summed E-state index contributed by atoms with van der Waals surface area (Å²) in [7, 11) is -3.39. The average Bonchev–Trinajstić information content (AvgIpc) is 2.07. The van der Waals surface area contributed by atoms with Crippen LogP contribution in [-0.4, -0.2) is 37.9 Å². The first-order valence-corrected chi connectivity index (χ1v) is 7.16. The second kappa shape index (κ2) is 6.54. The van der Waals surface area contributed by atoms with Gasteiger partial charge in [0.1, 0.15) is 0 Å². The fourth-order valence-corrected chi connectivity index (χ4v) is 3.02. The van der Waals surface area contributed by atoms with Crippen molar-refractivity contribution in [3.05, 3.63) is 0 Å². The van der Waals surface area contributed by atoms with E-state index in [2.05, 4.69) is 4.72 Å². The number of nitrogens with two attached hydrogens (primary N) is 1. The molecule has 0 aromatic rings. The van der Waals surface area contributed by atoms with E-state index in [1.54, 1.807) is 0 Å². The number of nitrogens with one attached hydrogen (secondary N) is 1. The molecule has 98 valence electrons. The van der Waals surface area contributed by atoms with Crippen molar-refractivity contribution in [3.63, 3.8) is 0 Å². The molecular weight excluding hydrogens is 226 g/mol. The van der Waals surface area contributed by atoms with Crippen LogP contribution < -0.4 is 10.5 Å². The SMILES string of the molecule is CCCN(CCCN)S(=O)(=O)NC(C)(C)C. The molecule has 6 heteroatoms. The Morgan fingerprint density at radius 2 is 1.81 bits per heavy atom. The lowest BCUT2D eigenvalue weighted by Gasteiger charge is -2.27.